The molecule has 18 heavy (non-hydrogen) atoms. The van der Waals surface area contributed by atoms with Gasteiger partial charge in [0.05, 0.1) is 5.92 Å². The van der Waals surface area contributed by atoms with Crippen LogP contribution in [-0.2, 0) is 6.42 Å². The van der Waals surface area contributed by atoms with Crippen molar-refractivity contribution in [3.8, 4) is 0 Å². The SMILES string of the molecule is FC(F)(F)C1CCCC(NCCc2ncn[nH]2)C1. The maximum atomic E-state index is 12.6. The Morgan fingerprint density at radius 2 is 2.22 bits per heavy atom. The zero-order valence-electron chi connectivity index (χ0n) is 10.0. The molecule has 1 aromatic rings. The standard InChI is InChI=1S/C11H17F3N4/c12-11(13,14)8-2-1-3-9(6-8)15-5-4-10-16-7-17-18-10/h7-9,15H,1-6H2,(H,16,17,18). The van der Waals surface area contributed by atoms with Crippen LogP contribution in [0.1, 0.15) is 31.5 Å². The van der Waals surface area contributed by atoms with E-state index in [4.69, 9.17) is 0 Å². The van der Waals surface area contributed by atoms with Crippen molar-refractivity contribution in [2.75, 3.05) is 6.54 Å². The zero-order valence-corrected chi connectivity index (χ0v) is 10.0. The molecule has 0 bridgehead atoms. The molecule has 0 aromatic carbocycles. The molecule has 2 N–H and O–H groups in total. The number of aromatic amines is 1. The lowest BCUT2D eigenvalue weighted by Gasteiger charge is -2.31. The molecule has 1 aliphatic rings. The highest BCUT2D eigenvalue weighted by Gasteiger charge is 2.41. The summed E-state index contributed by atoms with van der Waals surface area (Å²) in [7, 11) is 0. The van der Waals surface area contributed by atoms with Crippen molar-refractivity contribution < 1.29 is 13.2 Å². The van der Waals surface area contributed by atoms with Crippen LogP contribution in [0.15, 0.2) is 6.33 Å². The maximum absolute atomic E-state index is 12.6. The fraction of sp³-hybridized carbons (Fsp3) is 0.818. The van der Waals surface area contributed by atoms with Crippen molar-refractivity contribution in [3.63, 3.8) is 0 Å². The van der Waals surface area contributed by atoms with Crippen LogP contribution in [0.3, 0.4) is 0 Å². The van der Waals surface area contributed by atoms with Gasteiger partial charge in [0, 0.05) is 19.0 Å². The molecule has 4 nitrogen and oxygen atoms in total. The van der Waals surface area contributed by atoms with Gasteiger partial charge in [0.2, 0.25) is 0 Å². The van der Waals surface area contributed by atoms with Crippen molar-refractivity contribution in [1.29, 1.82) is 0 Å². The molecular formula is C11H17F3N4. The van der Waals surface area contributed by atoms with E-state index < -0.39 is 12.1 Å². The molecule has 0 aliphatic heterocycles. The number of hydrogen-bond acceptors (Lipinski definition) is 3. The number of alkyl halides is 3. The Kier molecular flexibility index (Phi) is 4.21. The van der Waals surface area contributed by atoms with Crippen molar-refractivity contribution in [2.45, 2.75) is 44.3 Å². The quantitative estimate of drug-likeness (QED) is 0.873. The molecule has 1 saturated carbocycles. The van der Waals surface area contributed by atoms with Gasteiger partial charge in [-0.2, -0.15) is 18.3 Å². The second-order valence-corrected chi connectivity index (χ2v) is 4.74. The van der Waals surface area contributed by atoms with E-state index >= 15 is 0 Å². The number of halogens is 3. The van der Waals surface area contributed by atoms with Gasteiger partial charge in [0.15, 0.2) is 0 Å². The summed E-state index contributed by atoms with van der Waals surface area (Å²) in [5.74, 6) is -0.389. The van der Waals surface area contributed by atoms with Crippen LogP contribution in [0.5, 0.6) is 0 Å². The van der Waals surface area contributed by atoms with Crippen molar-refractivity contribution in [3.05, 3.63) is 12.2 Å². The molecule has 1 heterocycles. The Morgan fingerprint density at radius 3 is 2.89 bits per heavy atom. The first-order valence-electron chi connectivity index (χ1n) is 6.20. The number of nitrogens with one attached hydrogen (secondary N) is 2. The molecule has 102 valence electrons. The van der Waals surface area contributed by atoms with Crippen LogP contribution in [0.25, 0.3) is 0 Å². The van der Waals surface area contributed by atoms with Gasteiger partial charge in [-0.05, 0) is 19.3 Å². The second-order valence-electron chi connectivity index (χ2n) is 4.74. The lowest BCUT2D eigenvalue weighted by atomic mass is 9.85. The van der Waals surface area contributed by atoms with Crippen LogP contribution < -0.4 is 5.32 Å². The van der Waals surface area contributed by atoms with E-state index in [1.807, 2.05) is 0 Å². The van der Waals surface area contributed by atoms with Crippen molar-refractivity contribution in [2.24, 2.45) is 5.92 Å². The first-order chi connectivity index (χ1) is 8.55. The minimum atomic E-state index is -4.05. The minimum Gasteiger partial charge on any atom is -0.314 e. The van der Waals surface area contributed by atoms with Gasteiger partial charge in [0.1, 0.15) is 12.2 Å². The fourth-order valence-corrected chi connectivity index (χ4v) is 2.42. The number of rotatable bonds is 4. The summed E-state index contributed by atoms with van der Waals surface area (Å²) in [5.41, 5.74) is 0. The topological polar surface area (TPSA) is 53.6 Å². The first-order valence-corrected chi connectivity index (χ1v) is 6.20. The number of aromatic nitrogens is 3. The highest BCUT2D eigenvalue weighted by atomic mass is 19.4. The Bertz CT molecular complexity index is 350. The molecule has 1 fully saturated rings. The van der Waals surface area contributed by atoms with E-state index in [1.54, 1.807) is 0 Å². The third-order valence-corrected chi connectivity index (χ3v) is 3.40. The van der Waals surface area contributed by atoms with Crippen molar-refractivity contribution in [1.82, 2.24) is 20.5 Å². The predicted molar refractivity (Wildman–Crippen MR) is 59.9 cm³/mol. The third-order valence-electron chi connectivity index (χ3n) is 3.40. The summed E-state index contributed by atoms with van der Waals surface area (Å²) in [5, 5.41) is 9.62. The van der Waals surface area contributed by atoms with Crippen LogP contribution in [0.2, 0.25) is 0 Å². The number of hydrogen-bond donors (Lipinski definition) is 2. The fourth-order valence-electron chi connectivity index (χ4n) is 2.42. The summed E-state index contributed by atoms with van der Waals surface area (Å²) in [6, 6.07) is -0.0340. The van der Waals surface area contributed by atoms with Crippen LogP contribution in [-0.4, -0.2) is 33.9 Å². The first kappa shape index (κ1) is 13.3. The molecule has 1 aliphatic carbocycles. The Hall–Kier alpha value is -1.11. The molecular weight excluding hydrogens is 245 g/mol. The maximum Gasteiger partial charge on any atom is 0.391 e. The van der Waals surface area contributed by atoms with E-state index in [-0.39, 0.29) is 18.9 Å². The van der Waals surface area contributed by atoms with Gasteiger partial charge in [0.25, 0.3) is 0 Å². The molecule has 2 atom stereocenters. The highest BCUT2D eigenvalue weighted by Crippen LogP contribution is 2.37. The van der Waals surface area contributed by atoms with Crippen LogP contribution in [0, 0.1) is 5.92 Å². The van der Waals surface area contributed by atoms with Gasteiger partial charge in [-0.15, -0.1) is 0 Å². The van der Waals surface area contributed by atoms with E-state index in [0.29, 0.717) is 19.4 Å². The van der Waals surface area contributed by atoms with E-state index in [9.17, 15) is 13.2 Å². The highest BCUT2D eigenvalue weighted by molar-refractivity contribution is 4.84. The van der Waals surface area contributed by atoms with Gasteiger partial charge in [-0.25, -0.2) is 4.98 Å². The lowest BCUT2D eigenvalue weighted by molar-refractivity contribution is -0.183. The van der Waals surface area contributed by atoms with Gasteiger partial charge < -0.3 is 5.32 Å². The lowest BCUT2D eigenvalue weighted by Crippen LogP contribution is -2.39. The normalized spacial score (nSPS) is 25.3. The smallest absolute Gasteiger partial charge is 0.314 e. The predicted octanol–water partition coefficient (Wildman–Crippen LogP) is 2.06. The molecule has 7 heteroatoms. The Balaban J connectivity index is 1.73. The second kappa shape index (κ2) is 5.69. The molecule has 0 radical (unpaired) electrons. The molecule has 1 aromatic heterocycles. The Morgan fingerprint density at radius 1 is 1.39 bits per heavy atom. The summed E-state index contributed by atoms with van der Waals surface area (Å²) in [6.45, 7) is 0.629. The number of H-pyrrole nitrogens is 1. The number of nitrogens with zero attached hydrogens (tertiary/aromatic N) is 2. The van der Waals surface area contributed by atoms with Gasteiger partial charge in [-0.1, -0.05) is 6.42 Å². The molecule has 0 amide bonds. The average Bonchev–Trinajstić information content (AvgIpc) is 2.81. The van der Waals surface area contributed by atoms with Crippen LogP contribution >= 0.6 is 0 Å². The third kappa shape index (κ3) is 3.69. The molecule has 2 rings (SSSR count). The van der Waals surface area contributed by atoms with E-state index in [1.165, 1.54) is 6.33 Å². The van der Waals surface area contributed by atoms with E-state index in [0.717, 1.165) is 12.2 Å². The summed E-state index contributed by atoms with van der Waals surface area (Å²) in [6.07, 6.45) is -0.0368. The summed E-state index contributed by atoms with van der Waals surface area (Å²) in [4.78, 5) is 3.97. The monoisotopic (exact) mass is 262 g/mol. The molecule has 0 spiro atoms. The van der Waals surface area contributed by atoms with E-state index in [2.05, 4.69) is 20.5 Å². The van der Waals surface area contributed by atoms with Crippen LogP contribution in [0.4, 0.5) is 13.2 Å². The molecule has 2 unspecified atom stereocenters. The Labute approximate surface area is 103 Å². The van der Waals surface area contributed by atoms with Crippen molar-refractivity contribution >= 4 is 0 Å². The average molecular weight is 262 g/mol. The summed E-state index contributed by atoms with van der Waals surface area (Å²) < 4.78 is 37.8. The zero-order chi connectivity index (χ0) is 13.0. The summed E-state index contributed by atoms with van der Waals surface area (Å²) >= 11 is 0. The minimum absolute atomic E-state index is 0.0340. The largest absolute Gasteiger partial charge is 0.391 e. The van der Waals surface area contributed by atoms with Gasteiger partial charge in [-0.3, -0.25) is 5.10 Å². The molecule has 0 saturated heterocycles. The van der Waals surface area contributed by atoms with Gasteiger partial charge >= 0.3 is 6.18 Å².